The molecule has 0 saturated heterocycles. The van der Waals surface area contributed by atoms with Crippen LogP contribution in [0.4, 0.5) is 11.4 Å². The summed E-state index contributed by atoms with van der Waals surface area (Å²) in [6.07, 6.45) is 0.750. The molecule has 0 aliphatic heterocycles. The van der Waals surface area contributed by atoms with Gasteiger partial charge in [0.05, 0.1) is 5.52 Å². The Bertz CT molecular complexity index is 1090. The molecule has 7 heteroatoms. The third-order valence-electron chi connectivity index (χ3n) is 4.44. The van der Waals surface area contributed by atoms with Crippen LogP contribution < -0.4 is 16.4 Å². The molecule has 1 aromatic heterocycles. The molecule has 0 aliphatic rings. The summed E-state index contributed by atoms with van der Waals surface area (Å²) >= 11 is 0. The molecule has 3 rings (SSSR count). The minimum atomic E-state index is -0.505. The van der Waals surface area contributed by atoms with Gasteiger partial charge in [-0.2, -0.15) is 0 Å². The van der Waals surface area contributed by atoms with Crippen LogP contribution >= 0.6 is 0 Å². The van der Waals surface area contributed by atoms with Gasteiger partial charge in [0.1, 0.15) is 0 Å². The van der Waals surface area contributed by atoms with E-state index >= 15 is 0 Å². The predicted molar refractivity (Wildman–Crippen MR) is 113 cm³/mol. The van der Waals surface area contributed by atoms with E-state index in [0.29, 0.717) is 29.9 Å². The Morgan fingerprint density at radius 3 is 2.41 bits per heavy atom. The van der Waals surface area contributed by atoms with Crippen LogP contribution in [0.25, 0.3) is 11.1 Å². The first-order valence-corrected chi connectivity index (χ1v) is 9.54. The van der Waals surface area contributed by atoms with Gasteiger partial charge in [0.15, 0.2) is 5.58 Å². The Balaban J connectivity index is 1.56. The van der Waals surface area contributed by atoms with Gasteiger partial charge in [-0.3, -0.25) is 14.2 Å². The zero-order chi connectivity index (χ0) is 21.0. The van der Waals surface area contributed by atoms with Gasteiger partial charge in [0.2, 0.25) is 11.8 Å². The van der Waals surface area contributed by atoms with E-state index in [9.17, 15) is 14.4 Å². The SMILES string of the molecule is CC(C)(C)C(=O)Nc1cccc(NC(=O)CCCn2c(=O)oc3ccccc32)c1. The van der Waals surface area contributed by atoms with Crippen LogP contribution in [0.1, 0.15) is 33.6 Å². The minimum Gasteiger partial charge on any atom is -0.408 e. The summed E-state index contributed by atoms with van der Waals surface area (Å²) in [6, 6.07) is 14.2. The van der Waals surface area contributed by atoms with Crippen molar-refractivity contribution < 1.29 is 14.0 Å². The molecule has 0 atom stereocenters. The van der Waals surface area contributed by atoms with Gasteiger partial charge in [-0.25, -0.2) is 4.79 Å². The number of nitrogens with zero attached hydrogens (tertiary/aromatic N) is 1. The van der Waals surface area contributed by atoms with Crippen LogP contribution in [0.15, 0.2) is 57.7 Å². The molecular weight excluding hydrogens is 370 g/mol. The van der Waals surface area contributed by atoms with Gasteiger partial charge in [-0.15, -0.1) is 0 Å². The van der Waals surface area contributed by atoms with Crippen LogP contribution in [0.2, 0.25) is 0 Å². The standard InChI is InChI=1S/C22H25N3O4/c1-22(2,3)20(27)24-16-9-6-8-15(14-16)23-19(26)12-7-13-25-17-10-4-5-11-18(17)29-21(25)28/h4-6,8-11,14H,7,12-13H2,1-3H3,(H,23,26)(H,24,27). The van der Waals surface area contributed by atoms with Crippen LogP contribution in [-0.2, 0) is 16.1 Å². The summed E-state index contributed by atoms with van der Waals surface area (Å²) in [7, 11) is 0. The largest absolute Gasteiger partial charge is 0.419 e. The highest BCUT2D eigenvalue weighted by Gasteiger charge is 2.21. The van der Waals surface area contributed by atoms with E-state index < -0.39 is 11.2 Å². The lowest BCUT2D eigenvalue weighted by molar-refractivity contribution is -0.123. The number of amides is 2. The van der Waals surface area contributed by atoms with E-state index in [-0.39, 0.29) is 18.2 Å². The average molecular weight is 395 g/mol. The molecule has 0 saturated carbocycles. The van der Waals surface area contributed by atoms with Gasteiger partial charge >= 0.3 is 5.76 Å². The molecule has 0 bridgehead atoms. The second kappa shape index (κ2) is 8.34. The number of oxazole rings is 1. The number of hydrogen-bond acceptors (Lipinski definition) is 4. The van der Waals surface area contributed by atoms with Crippen LogP contribution in [-0.4, -0.2) is 16.4 Å². The number of rotatable bonds is 6. The number of carbonyl (C=O) groups is 2. The highest BCUT2D eigenvalue weighted by molar-refractivity contribution is 5.96. The van der Waals surface area contributed by atoms with Crippen molar-refractivity contribution in [1.82, 2.24) is 4.57 Å². The van der Waals surface area contributed by atoms with E-state index in [2.05, 4.69) is 10.6 Å². The molecule has 0 aliphatic carbocycles. The molecule has 152 valence electrons. The Kier molecular flexibility index (Phi) is 5.87. The van der Waals surface area contributed by atoms with Gasteiger partial charge in [-0.05, 0) is 36.8 Å². The highest BCUT2D eigenvalue weighted by atomic mass is 16.4. The summed E-state index contributed by atoms with van der Waals surface area (Å²) in [5.74, 6) is -0.683. The van der Waals surface area contributed by atoms with Gasteiger partial charge in [-0.1, -0.05) is 39.0 Å². The summed E-state index contributed by atoms with van der Waals surface area (Å²) in [4.78, 5) is 36.3. The molecule has 0 unspecified atom stereocenters. The number of nitrogens with one attached hydrogen (secondary N) is 2. The number of fused-ring (bicyclic) bond motifs is 1. The molecule has 0 radical (unpaired) electrons. The molecule has 0 fully saturated rings. The van der Waals surface area contributed by atoms with E-state index in [1.54, 1.807) is 36.4 Å². The lowest BCUT2D eigenvalue weighted by Gasteiger charge is -2.18. The lowest BCUT2D eigenvalue weighted by atomic mass is 9.95. The van der Waals surface area contributed by atoms with E-state index in [4.69, 9.17) is 4.42 Å². The first-order valence-electron chi connectivity index (χ1n) is 9.54. The fraction of sp³-hybridized carbons (Fsp3) is 0.318. The first kappa shape index (κ1) is 20.4. The molecule has 3 aromatic rings. The second-order valence-electron chi connectivity index (χ2n) is 7.92. The number of hydrogen-bond donors (Lipinski definition) is 2. The summed E-state index contributed by atoms with van der Waals surface area (Å²) < 4.78 is 6.73. The number of anilines is 2. The number of aromatic nitrogens is 1. The van der Waals surface area contributed by atoms with Crippen molar-refractivity contribution in [1.29, 1.82) is 0 Å². The van der Waals surface area contributed by atoms with Crippen molar-refractivity contribution >= 4 is 34.3 Å². The Labute approximate surface area is 168 Å². The van der Waals surface area contributed by atoms with Gasteiger partial charge in [0.25, 0.3) is 0 Å². The van der Waals surface area contributed by atoms with Crippen LogP contribution in [0.5, 0.6) is 0 Å². The maximum Gasteiger partial charge on any atom is 0.419 e. The number of para-hydroxylation sites is 2. The van der Waals surface area contributed by atoms with Crippen LogP contribution in [0, 0.1) is 5.41 Å². The van der Waals surface area contributed by atoms with Crippen molar-refractivity contribution in [3.63, 3.8) is 0 Å². The monoisotopic (exact) mass is 395 g/mol. The third-order valence-corrected chi connectivity index (χ3v) is 4.44. The number of carbonyl (C=O) groups excluding carboxylic acids is 2. The van der Waals surface area contributed by atoms with Crippen molar-refractivity contribution in [2.24, 2.45) is 5.41 Å². The fourth-order valence-corrected chi connectivity index (χ4v) is 2.84. The quantitative estimate of drug-likeness (QED) is 0.660. The molecule has 2 N–H and O–H groups in total. The molecule has 1 heterocycles. The smallest absolute Gasteiger partial charge is 0.408 e. The van der Waals surface area contributed by atoms with Crippen molar-refractivity contribution in [3.05, 3.63) is 59.1 Å². The fourth-order valence-electron chi connectivity index (χ4n) is 2.84. The topological polar surface area (TPSA) is 93.3 Å². The summed E-state index contributed by atoms with van der Waals surface area (Å²) in [5.41, 5.74) is 1.98. The zero-order valence-electron chi connectivity index (χ0n) is 16.8. The second-order valence-corrected chi connectivity index (χ2v) is 7.92. The Morgan fingerprint density at radius 1 is 1.00 bits per heavy atom. The van der Waals surface area contributed by atoms with Gasteiger partial charge < -0.3 is 15.1 Å². The van der Waals surface area contributed by atoms with Crippen molar-refractivity contribution in [2.75, 3.05) is 10.6 Å². The number of benzene rings is 2. The van der Waals surface area contributed by atoms with Crippen molar-refractivity contribution in [2.45, 2.75) is 40.2 Å². The molecule has 0 spiro atoms. The predicted octanol–water partition coefficient (Wildman–Crippen LogP) is 4.00. The Morgan fingerprint density at radius 2 is 1.69 bits per heavy atom. The Hall–Kier alpha value is -3.35. The molecule has 2 aromatic carbocycles. The highest BCUT2D eigenvalue weighted by Crippen LogP contribution is 2.20. The van der Waals surface area contributed by atoms with Crippen molar-refractivity contribution in [3.8, 4) is 0 Å². The third kappa shape index (κ3) is 5.13. The van der Waals surface area contributed by atoms with Crippen LogP contribution in [0.3, 0.4) is 0 Å². The molecule has 7 nitrogen and oxygen atoms in total. The zero-order valence-corrected chi connectivity index (χ0v) is 16.8. The normalized spacial score (nSPS) is 11.4. The van der Waals surface area contributed by atoms with Gasteiger partial charge in [0, 0.05) is 29.8 Å². The van der Waals surface area contributed by atoms with E-state index in [1.165, 1.54) is 4.57 Å². The lowest BCUT2D eigenvalue weighted by Crippen LogP contribution is -2.27. The number of aryl methyl sites for hydroxylation is 1. The summed E-state index contributed by atoms with van der Waals surface area (Å²) in [5, 5.41) is 5.67. The maximum absolute atomic E-state index is 12.3. The molecular formula is C22H25N3O4. The maximum atomic E-state index is 12.3. The molecule has 29 heavy (non-hydrogen) atoms. The average Bonchev–Trinajstić information content (AvgIpc) is 2.97. The van der Waals surface area contributed by atoms with E-state index in [1.807, 2.05) is 32.9 Å². The van der Waals surface area contributed by atoms with E-state index in [0.717, 1.165) is 5.52 Å². The first-order chi connectivity index (χ1) is 13.7. The minimum absolute atomic E-state index is 0.0984. The summed E-state index contributed by atoms with van der Waals surface area (Å²) in [6.45, 7) is 5.90. The molecule has 2 amide bonds.